The highest BCUT2D eigenvalue weighted by atomic mass is 16.5. The summed E-state index contributed by atoms with van der Waals surface area (Å²) in [5, 5.41) is 0. The molecular formula is C8H11N3O2. The average Bonchev–Trinajstić information content (AvgIpc) is 2.18. The maximum atomic E-state index is 11.2. The van der Waals surface area contributed by atoms with Gasteiger partial charge in [-0.1, -0.05) is 0 Å². The van der Waals surface area contributed by atoms with E-state index in [4.69, 9.17) is 10.6 Å². The predicted octanol–water partition coefficient (Wildman–Crippen LogP) is 0.544. The van der Waals surface area contributed by atoms with Crippen molar-refractivity contribution in [3.8, 4) is 0 Å². The fourth-order valence-electron chi connectivity index (χ4n) is 0.845. The number of nitrogens with zero attached hydrogens (tertiary/aromatic N) is 1. The van der Waals surface area contributed by atoms with Crippen molar-refractivity contribution in [3.05, 3.63) is 24.0 Å². The molecule has 0 aliphatic heterocycles. The molecule has 5 heteroatoms. The Morgan fingerprint density at radius 1 is 1.69 bits per heavy atom. The van der Waals surface area contributed by atoms with E-state index in [1.165, 1.54) is 12.4 Å². The highest BCUT2D eigenvalue weighted by Crippen LogP contribution is 2.07. The standard InChI is InChI=1S/C8H11N3O2/c1-2-13-8(12)6-3-7(11-9)5-10-4-6/h3-5,11H,2,9H2,1H3. The first kappa shape index (κ1) is 9.47. The maximum Gasteiger partial charge on any atom is 0.339 e. The van der Waals surface area contributed by atoms with Gasteiger partial charge in [-0.2, -0.15) is 0 Å². The van der Waals surface area contributed by atoms with E-state index in [-0.39, 0.29) is 0 Å². The Bertz CT molecular complexity index is 301. The maximum absolute atomic E-state index is 11.2. The molecule has 0 atom stereocenters. The Morgan fingerprint density at radius 3 is 3.08 bits per heavy atom. The normalized spacial score (nSPS) is 9.38. The number of hydrazine groups is 1. The minimum atomic E-state index is -0.396. The molecule has 0 saturated heterocycles. The lowest BCUT2D eigenvalue weighted by Gasteiger charge is -2.02. The molecule has 0 aliphatic carbocycles. The van der Waals surface area contributed by atoms with E-state index in [0.717, 1.165) is 0 Å². The summed E-state index contributed by atoms with van der Waals surface area (Å²) in [6.07, 6.45) is 2.95. The van der Waals surface area contributed by atoms with Crippen LogP contribution >= 0.6 is 0 Å². The number of pyridine rings is 1. The summed E-state index contributed by atoms with van der Waals surface area (Å²) in [6, 6.07) is 1.57. The van der Waals surface area contributed by atoms with Crippen molar-refractivity contribution >= 4 is 11.7 Å². The zero-order valence-electron chi connectivity index (χ0n) is 7.28. The molecule has 3 N–H and O–H groups in total. The molecule has 13 heavy (non-hydrogen) atoms. The van der Waals surface area contributed by atoms with Gasteiger partial charge in [0, 0.05) is 6.20 Å². The molecule has 0 bridgehead atoms. The molecule has 0 fully saturated rings. The number of ether oxygens (including phenoxy) is 1. The summed E-state index contributed by atoms with van der Waals surface area (Å²) >= 11 is 0. The molecule has 1 rings (SSSR count). The summed E-state index contributed by atoms with van der Waals surface area (Å²) in [7, 11) is 0. The Morgan fingerprint density at radius 2 is 2.46 bits per heavy atom. The van der Waals surface area contributed by atoms with Crippen LogP contribution in [0.25, 0.3) is 0 Å². The Hall–Kier alpha value is -1.62. The lowest BCUT2D eigenvalue weighted by Crippen LogP contribution is -2.10. The van der Waals surface area contributed by atoms with Crippen LogP contribution in [0.1, 0.15) is 17.3 Å². The number of nitrogens with one attached hydrogen (secondary N) is 1. The zero-order valence-corrected chi connectivity index (χ0v) is 7.28. The van der Waals surface area contributed by atoms with Gasteiger partial charge in [0.25, 0.3) is 0 Å². The van der Waals surface area contributed by atoms with Crippen LogP contribution in [0.4, 0.5) is 5.69 Å². The van der Waals surface area contributed by atoms with Crippen molar-refractivity contribution in [2.75, 3.05) is 12.0 Å². The zero-order chi connectivity index (χ0) is 9.68. The van der Waals surface area contributed by atoms with E-state index in [0.29, 0.717) is 17.9 Å². The van der Waals surface area contributed by atoms with Gasteiger partial charge in [0.15, 0.2) is 0 Å². The van der Waals surface area contributed by atoms with Crippen molar-refractivity contribution in [2.45, 2.75) is 6.92 Å². The lowest BCUT2D eigenvalue weighted by molar-refractivity contribution is 0.0526. The van der Waals surface area contributed by atoms with Crippen molar-refractivity contribution in [1.29, 1.82) is 0 Å². The third-order valence-corrected chi connectivity index (χ3v) is 1.42. The van der Waals surface area contributed by atoms with Crippen molar-refractivity contribution < 1.29 is 9.53 Å². The van der Waals surface area contributed by atoms with Gasteiger partial charge in [-0.15, -0.1) is 0 Å². The van der Waals surface area contributed by atoms with Gasteiger partial charge in [-0.05, 0) is 13.0 Å². The summed E-state index contributed by atoms with van der Waals surface area (Å²) in [6.45, 7) is 2.09. The van der Waals surface area contributed by atoms with E-state index in [2.05, 4.69) is 10.4 Å². The van der Waals surface area contributed by atoms with Crippen LogP contribution < -0.4 is 11.3 Å². The molecular weight excluding hydrogens is 170 g/mol. The molecule has 0 aliphatic rings. The number of anilines is 1. The molecule has 1 heterocycles. The Kier molecular flexibility index (Phi) is 3.22. The number of carbonyl (C=O) groups excluding carboxylic acids is 1. The Labute approximate surface area is 75.9 Å². The van der Waals surface area contributed by atoms with Gasteiger partial charge in [-0.3, -0.25) is 10.8 Å². The second kappa shape index (κ2) is 4.42. The molecule has 0 spiro atoms. The van der Waals surface area contributed by atoms with Crippen molar-refractivity contribution in [3.63, 3.8) is 0 Å². The van der Waals surface area contributed by atoms with Crippen LogP contribution in [-0.2, 0) is 4.74 Å². The number of hydrogen-bond donors (Lipinski definition) is 2. The molecule has 70 valence electrons. The number of esters is 1. The van der Waals surface area contributed by atoms with Gasteiger partial charge in [-0.25, -0.2) is 4.79 Å². The Balaban J connectivity index is 2.82. The monoisotopic (exact) mass is 181 g/mol. The van der Waals surface area contributed by atoms with Crippen molar-refractivity contribution in [1.82, 2.24) is 4.98 Å². The second-order valence-corrected chi connectivity index (χ2v) is 2.33. The van der Waals surface area contributed by atoms with E-state index < -0.39 is 5.97 Å². The third kappa shape index (κ3) is 2.41. The van der Waals surface area contributed by atoms with Gasteiger partial charge in [0.05, 0.1) is 24.1 Å². The minimum Gasteiger partial charge on any atom is -0.462 e. The number of nitrogen functional groups attached to an aromatic ring is 1. The molecule has 1 aromatic rings. The average molecular weight is 181 g/mol. The largest absolute Gasteiger partial charge is 0.462 e. The van der Waals surface area contributed by atoms with Gasteiger partial charge < -0.3 is 10.2 Å². The van der Waals surface area contributed by atoms with Gasteiger partial charge in [0.1, 0.15) is 0 Å². The summed E-state index contributed by atoms with van der Waals surface area (Å²) < 4.78 is 4.78. The molecule has 0 unspecified atom stereocenters. The first-order valence-electron chi connectivity index (χ1n) is 3.86. The topological polar surface area (TPSA) is 77.2 Å². The number of carbonyl (C=O) groups is 1. The molecule has 0 aromatic carbocycles. The smallest absolute Gasteiger partial charge is 0.339 e. The van der Waals surface area contributed by atoms with Gasteiger partial charge in [0.2, 0.25) is 0 Å². The number of rotatable bonds is 3. The number of hydrogen-bond acceptors (Lipinski definition) is 5. The molecule has 0 radical (unpaired) electrons. The first-order valence-corrected chi connectivity index (χ1v) is 3.86. The molecule has 0 amide bonds. The van der Waals surface area contributed by atoms with E-state index in [9.17, 15) is 4.79 Å². The number of aromatic nitrogens is 1. The molecule has 5 nitrogen and oxygen atoms in total. The quantitative estimate of drug-likeness (QED) is 0.404. The minimum absolute atomic E-state index is 0.346. The van der Waals surface area contributed by atoms with Crippen LogP contribution in [-0.4, -0.2) is 17.6 Å². The van der Waals surface area contributed by atoms with E-state index in [1.54, 1.807) is 13.0 Å². The number of nitrogens with two attached hydrogens (primary N) is 1. The third-order valence-electron chi connectivity index (χ3n) is 1.42. The predicted molar refractivity (Wildman–Crippen MR) is 48.0 cm³/mol. The second-order valence-electron chi connectivity index (χ2n) is 2.33. The lowest BCUT2D eigenvalue weighted by atomic mass is 10.3. The summed E-state index contributed by atoms with van der Waals surface area (Å²) in [5.74, 6) is 4.75. The fourth-order valence-corrected chi connectivity index (χ4v) is 0.845. The highest BCUT2D eigenvalue weighted by molar-refractivity contribution is 5.89. The van der Waals surface area contributed by atoms with Crippen LogP contribution in [0.15, 0.2) is 18.5 Å². The fraction of sp³-hybridized carbons (Fsp3) is 0.250. The van der Waals surface area contributed by atoms with Crippen LogP contribution in [0.5, 0.6) is 0 Å². The highest BCUT2D eigenvalue weighted by Gasteiger charge is 2.06. The van der Waals surface area contributed by atoms with Crippen LogP contribution in [0.2, 0.25) is 0 Å². The van der Waals surface area contributed by atoms with Crippen LogP contribution in [0, 0.1) is 0 Å². The van der Waals surface area contributed by atoms with Gasteiger partial charge >= 0.3 is 5.97 Å². The van der Waals surface area contributed by atoms with E-state index in [1.807, 2.05) is 0 Å². The SMILES string of the molecule is CCOC(=O)c1cncc(NN)c1. The van der Waals surface area contributed by atoms with Crippen LogP contribution in [0.3, 0.4) is 0 Å². The first-order chi connectivity index (χ1) is 6.27. The summed E-state index contributed by atoms with van der Waals surface area (Å²) in [4.78, 5) is 15.0. The summed E-state index contributed by atoms with van der Waals surface area (Å²) in [5.41, 5.74) is 3.36. The molecule has 1 aromatic heterocycles. The van der Waals surface area contributed by atoms with Crippen molar-refractivity contribution in [2.24, 2.45) is 5.84 Å². The van der Waals surface area contributed by atoms with E-state index >= 15 is 0 Å². The molecule has 0 saturated carbocycles.